The molecule has 1 aromatic heterocycles. The number of ether oxygens (including phenoxy) is 2. The Labute approximate surface area is 164 Å². The fraction of sp³-hybridized carbons (Fsp3) is 0.174. The highest BCUT2D eigenvalue weighted by atomic mass is 16.5. The second-order valence-electron chi connectivity index (χ2n) is 6.25. The minimum atomic E-state index is -0.226. The van der Waals surface area contributed by atoms with E-state index in [1.807, 2.05) is 61.5 Å². The summed E-state index contributed by atoms with van der Waals surface area (Å²) in [5.74, 6) is 1.70. The van der Waals surface area contributed by atoms with Gasteiger partial charge in [-0.1, -0.05) is 36.4 Å². The molecule has 144 valence electrons. The minimum absolute atomic E-state index is 0.190. The van der Waals surface area contributed by atoms with Gasteiger partial charge in [0.2, 0.25) is 0 Å². The van der Waals surface area contributed by atoms with Crippen LogP contribution in [0.25, 0.3) is 11.6 Å². The summed E-state index contributed by atoms with van der Waals surface area (Å²) in [5.41, 5.74) is 2.26. The molecular formula is C23H23NO4. The van der Waals surface area contributed by atoms with Crippen molar-refractivity contribution in [1.29, 1.82) is 0 Å². The topological polar surface area (TPSA) is 60.7 Å². The van der Waals surface area contributed by atoms with E-state index in [0.717, 1.165) is 11.1 Å². The Morgan fingerprint density at radius 2 is 1.75 bits per heavy atom. The van der Waals surface area contributed by atoms with Gasteiger partial charge in [-0.2, -0.15) is 0 Å². The lowest BCUT2D eigenvalue weighted by Crippen LogP contribution is -2.27. The van der Waals surface area contributed by atoms with Crippen LogP contribution in [0.2, 0.25) is 0 Å². The molecule has 0 unspecified atom stereocenters. The first kappa shape index (κ1) is 19.3. The van der Waals surface area contributed by atoms with E-state index in [1.54, 1.807) is 32.6 Å². The molecule has 0 saturated heterocycles. The quantitative estimate of drug-likeness (QED) is 0.606. The second-order valence-corrected chi connectivity index (χ2v) is 6.25. The van der Waals surface area contributed by atoms with E-state index in [-0.39, 0.29) is 11.9 Å². The van der Waals surface area contributed by atoms with Crippen LogP contribution in [0.3, 0.4) is 0 Å². The van der Waals surface area contributed by atoms with Gasteiger partial charge in [-0.3, -0.25) is 4.79 Å². The Kier molecular flexibility index (Phi) is 6.17. The summed E-state index contributed by atoms with van der Waals surface area (Å²) in [7, 11) is 3.18. The van der Waals surface area contributed by atoms with Gasteiger partial charge in [0.15, 0.2) is 11.5 Å². The van der Waals surface area contributed by atoms with E-state index >= 15 is 0 Å². The number of nitrogens with one attached hydrogen (secondary N) is 1. The summed E-state index contributed by atoms with van der Waals surface area (Å²) in [6, 6.07) is 18.5. The number of carbonyl (C=O) groups excluding carboxylic acids is 1. The van der Waals surface area contributed by atoms with Crippen molar-refractivity contribution in [2.24, 2.45) is 0 Å². The summed E-state index contributed by atoms with van der Waals surface area (Å²) in [6.07, 6.45) is 3.32. The van der Waals surface area contributed by atoms with Crippen LogP contribution in [0.1, 0.15) is 29.9 Å². The molecule has 0 aliphatic heterocycles. The monoisotopic (exact) mass is 377 g/mol. The first-order valence-corrected chi connectivity index (χ1v) is 8.95. The summed E-state index contributed by atoms with van der Waals surface area (Å²) in [6.45, 7) is 1.93. The van der Waals surface area contributed by atoms with Crippen molar-refractivity contribution >= 4 is 17.6 Å². The minimum Gasteiger partial charge on any atom is -0.493 e. The van der Waals surface area contributed by atoms with Crippen LogP contribution in [0, 0.1) is 0 Å². The van der Waals surface area contributed by atoms with Gasteiger partial charge in [0, 0.05) is 0 Å². The molecule has 5 nitrogen and oxygen atoms in total. The molecule has 1 atom stereocenters. The van der Waals surface area contributed by atoms with E-state index in [0.29, 0.717) is 22.8 Å². The van der Waals surface area contributed by atoms with E-state index in [1.165, 1.54) is 0 Å². The normalized spacial score (nSPS) is 12.3. The lowest BCUT2D eigenvalue weighted by Gasteiger charge is -2.18. The Balaban J connectivity index is 1.86. The van der Waals surface area contributed by atoms with Gasteiger partial charge in [-0.05, 0) is 48.4 Å². The third-order valence-electron chi connectivity index (χ3n) is 4.41. The average molecular weight is 377 g/mol. The number of amides is 1. The van der Waals surface area contributed by atoms with Crippen LogP contribution < -0.4 is 14.8 Å². The highest BCUT2D eigenvalue weighted by Gasteiger charge is 2.17. The van der Waals surface area contributed by atoms with Crippen LogP contribution >= 0.6 is 0 Å². The fourth-order valence-corrected chi connectivity index (χ4v) is 2.89. The van der Waals surface area contributed by atoms with E-state index in [9.17, 15) is 4.79 Å². The molecule has 0 aliphatic carbocycles. The molecule has 0 aliphatic rings. The number of hydrogen-bond donors (Lipinski definition) is 1. The van der Waals surface area contributed by atoms with Gasteiger partial charge in [0.25, 0.3) is 5.91 Å². The molecule has 0 bridgehead atoms. The maximum Gasteiger partial charge on any atom is 0.252 e. The Morgan fingerprint density at radius 1 is 1.00 bits per heavy atom. The third-order valence-corrected chi connectivity index (χ3v) is 4.41. The number of carbonyl (C=O) groups is 1. The molecule has 0 saturated carbocycles. The van der Waals surface area contributed by atoms with E-state index in [2.05, 4.69) is 5.32 Å². The molecular weight excluding hydrogens is 354 g/mol. The SMILES string of the molecule is COc1ccc([C@@H](C)NC(=O)/C(=C/c2ccco2)c2ccccc2)cc1OC. The Hall–Kier alpha value is -3.47. The molecule has 0 spiro atoms. The predicted octanol–water partition coefficient (Wildman–Crippen LogP) is 4.71. The Morgan fingerprint density at radius 3 is 2.39 bits per heavy atom. The number of rotatable bonds is 7. The zero-order valence-corrected chi connectivity index (χ0v) is 16.1. The van der Waals surface area contributed by atoms with Crippen molar-refractivity contribution in [3.63, 3.8) is 0 Å². The summed E-state index contributed by atoms with van der Waals surface area (Å²) >= 11 is 0. The zero-order valence-electron chi connectivity index (χ0n) is 16.1. The van der Waals surface area contributed by atoms with Gasteiger partial charge in [0.1, 0.15) is 5.76 Å². The highest BCUT2D eigenvalue weighted by Crippen LogP contribution is 2.30. The number of hydrogen-bond acceptors (Lipinski definition) is 4. The van der Waals surface area contributed by atoms with Gasteiger partial charge in [0.05, 0.1) is 32.1 Å². The van der Waals surface area contributed by atoms with Crippen LogP contribution in [-0.4, -0.2) is 20.1 Å². The van der Waals surface area contributed by atoms with Crippen molar-refractivity contribution in [3.05, 3.63) is 83.8 Å². The first-order valence-electron chi connectivity index (χ1n) is 8.95. The summed E-state index contributed by atoms with van der Waals surface area (Å²) in [4.78, 5) is 13.1. The summed E-state index contributed by atoms with van der Waals surface area (Å²) < 4.78 is 16.0. The number of methoxy groups -OCH3 is 2. The van der Waals surface area contributed by atoms with E-state index in [4.69, 9.17) is 13.9 Å². The highest BCUT2D eigenvalue weighted by molar-refractivity contribution is 6.24. The maximum absolute atomic E-state index is 13.1. The van der Waals surface area contributed by atoms with Gasteiger partial charge < -0.3 is 19.2 Å². The average Bonchev–Trinajstić information content (AvgIpc) is 3.25. The van der Waals surface area contributed by atoms with Crippen molar-refractivity contribution in [2.75, 3.05) is 14.2 Å². The first-order chi connectivity index (χ1) is 13.6. The number of benzene rings is 2. The van der Waals surface area contributed by atoms with Crippen LogP contribution in [0.5, 0.6) is 11.5 Å². The molecule has 1 heterocycles. The molecule has 1 amide bonds. The lowest BCUT2D eigenvalue weighted by atomic mass is 10.0. The fourth-order valence-electron chi connectivity index (χ4n) is 2.89. The molecule has 2 aromatic carbocycles. The lowest BCUT2D eigenvalue weighted by molar-refractivity contribution is -0.116. The molecule has 0 radical (unpaired) electrons. The second kappa shape index (κ2) is 8.95. The van der Waals surface area contributed by atoms with E-state index < -0.39 is 0 Å². The van der Waals surface area contributed by atoms with Gasteiger partial charge in [-0.25, -0.2) is 0 Å². The zero-order chi connectivity index (χ0) is 19.9. The maximum atomic E-state index is 13.1. The van der Waals surface area contributed by atoms with Crippen molar-refractivity contribution < 1.29 is 18.7 Å². The van der Waals surface area contributed by atoms with Gasteiger partial charge >= 0.3 is 0 Å². The van der Waals surface area contributed by atoms with Crippen molar-refractivity contribution in [2.45, 2.75) is 13.0 Å². The summed E-state index contributed by atoms with van der Waals surface area (Å²) in [5, 5.41) is 3.05. The standard InChI is InChI=1S/C23H23NO4/c1-16(18-11-12-21(26-2)22(14-18)27-3)24-23(25)20(15-19-10-7-13-28-19)17-8-5-4-6-9-17/h4-16H,1-3H3,(H,24,25)/b20-15+/t16-/m1/s1. The molecule has 3 aromatic rings. The molecule has 28 heavy (non-hydrogen) atoms. The van der Waals surface area contributed by atoms with Crippen molar-refractivity contribution in [1.82, 2.24) is 5.32 Å². The van der Waals surface area contributed by atoms with Crippen LogP contribution in [0.4, 0.5) is 0 Å². The van der Waals surface area contributed by atoms with Crippen LogP contribution in [-0.2, 0) is 4.79 Å². The molecule has 1 N–H and O–H groups in total. The molecule has 0 fully saturated rings. The molecule has 5 heteroatoms. The van der Waals surface area contributed by atoms with Crippen molar-refractivity contribution in [3.8, 4) is 11.5 Å². The Bertz CT molecular complexity index is 946. The molecule has 3 rings (SSSR count). The third kappa shape index (κ3) is 4.43. The number of furan rings is 1. The van der Waals surface area contributed by atoms with Crippen LogP contribution in [0.15, 0.2) is 71.3 Å². The van der Waals surface area contributed by atoms with Gasteiger partial charge in [-0.15, -0.1) is 0 Å². The largest absolute Gasteiger partial charge is 0.493 e. The smallest absolute Gasteiger partial charge is 0.252 e. The predicted molar refractivity (Wildman–Crippen MR) is 109 cm³/mol.